The number of guanidine groups is 1. The van der Waals surface area contributed by atoms with Crippen LogP contribution < -0.4 is 15.5 Å². The molecule has 2 aromatic rings. The lowest BCUT2D eigenvalue weighted by Gasteiger charge is -2.15. The summed E-state index contributed by atoms with van der Waals surface area (Å²) in [6, 6.07) is 10.0. The molecular formula is C19H28N6OS. The number of nitrogens with one attached hydrogen (secondary N) is 2. The summed E-state index contributed by atoms with van der Waals surface area (Å²) in [7, 11) is 7.39. The third-order valence-electron chi connectivity index (χ3n) is 3.80. The van der Waals surface area contributed by atoms with Crippen LogP contribution in [0.2, 0.25) is 0 Å². The summed E-state index contributed by atoms with van der Waals surface area (Å²) in [5.74, 6) is 1.50. The van der Waals surface area contributed by atoms with E-state index in [-0.39, 0.29) is 12.5 Å². The maximum Gasteiger partial charge on any atom is 0.241 e. The maximum absolute atomic E-state index is 11.9. The van der Waals surface area contributed by atoms with Gasteiger partial charge in [0.05, 0.1) is 18.8 Å². The summed E-state index contributed by atoms with van der Waals surface area (Å²) in [5.41, 5.74) is 0.875. The molecule has 0 aliphatic heterocycles. The Hall–Kier alpha value is -2.61. The van der Waals surface area contributed by atoms with E-state index in [1.54, 1.807) is 30.3 Å². The number of hydrogen-bond donors (Lipinski definition) is 2. The molecule has 0 radical (unpaired) electrons. The van der Waals surface area contributed by atoms with Crippen molar-refractivity contribution in [1.29, 1.82) is 0 Å². The van der Waals surface area contributed by atoms with Gasteiger partial charge in [0.25, 0.3) is 0 Å². The summed E-state index contributed by atoms with van der Waals surface area (Å²) < 4.78 is 0. The minimum atomic E-state index is -0.00418. The van der Waals surface area contributed by atoms with Gasteiger partial charge in [0.1, 0.15) is 5.82 Å². The summed E-state index contributed by atoms with van der Waals surface area (Å²) in [5, 5.41) is 8.47. The highest BCUT2D eigenvalue weighted by atomic mass is 32.1. The Balaban J connectivity index is 1.99. The van der Waals surface area contributed by atoms with Crippen LogP contribution in [0.1, 0.15) is 10.6 Å². The minimum absolute atomic E-state index is 0.00418. The molecule has 27 heavy (non-hydrogen) atoms. The third kappa shape index (κ3) is 7.26. The van der Waals surface area contributed by atoms with E-state index in [0.717, 1.165) is 24.5 Å². The average molecular weight is 389 g/mol. The number of anilines is 1. The second-order valence-corrected chi connectivity index (χ2v) is 7.48. The second kappa shape index (κ2) is 10.5. The number of likely N-dealkylation sites (N-methyl/N-ethyl adjacent to an activating group) is 1. The topological polar surface area (TPSA) is 72.9 Å². The van der Waals surface area contributed by atoms with Crippen molar-refractivity contribution >= 4 is 29.0 Å². The SMILES string of the molecule is CN(C)C(=O)CNC(=NCc1cccc(N(C)C)n1)NCCc1cccs1. The molecule has 2 aromatic heterocycles. The van der Waals surface area contributed by atoms with Crippen molar-refractivity contribution in [1.82, 2.24) is 20.5 Å². The highest BCUT2D eigenvalue weighted by molar-refractivity contribution is 7.09. The molecule has 1 amide bonds. The zero-order valence-electron chi connectivity index (χ0n) is 16.4. The van der Waals surface area contributed by atoms with Gasteiger partial charge in [-0.1, -0.05) is 12.1 Å². The highest BCUT2D eigenvalue weighted by Gasteiger charge is 2.07. The molecule has 2 N–H and O–H groups in total. The van der Waals surface area contributed by atoms with E-state index in [1.165, 1.54) is 4.88 Å². The maximum atomic E-state index is 11.9. The fourth-order valence-electron chi connectivity index (χ4n) is 2.21. The fraction of sp³-hybridized carbons (Fsp3) is 0.421. The van der Waals surface area contributed by atoms with Crippen molar-refractivity contribution < 1.29 is 4.79 Å². The van der Waals surface area contributed by atoms with Gasteiger partial charge in [0, 0.05) is 39.6 Å². The van der Waals surface area contributed by atoms with Gasteiger partial charge in [0.15, 0.2) is 5.96 Å². The Bertz CT molecular complexity index is 742. The van der Waals surface area contributed by atoms with Crippen molar-refractivity contribution in [2.45, 2.75) is 13.0 Å². The molecule has 2 heterocycles. The van der Waals surface area contributed by atoms with Crippen LogP contribution in [0.15, 0.2) is 40.7 Å². The van der Waals surface area contributed by atoms with Gasteiger partial charge in [0.2, 0.25) is 5.91 Å². The van der Waals surface area contributed by atoms with Crippen molar-refractivity contribution in [3.05, 3.63) is 46.3 Å². The zero-order chi connectivity index (χ0) is 19.6. The van der Waals surface area contributed by atoms with Gasteiger partial charge in [-0.05, 0) is 30.0 Å². The fourth-order valence-corrected chi connectivity index (χ4v) is 2.92. The molecule has 0 spiro atoms. The lowest BCUT2D eigenvalue weighted by molar-refractivity contribution is -0.127. The first kappa shape index (κ1) is 20.7. The van der Waals surface area contributed by atoms with E-state index in [4.69, 9.17) is 0 Å². The Morgan fingerprint density at radius 3 is 2.63 bits per heavy atom. The number of carbonyl (C=O) groups excluding carboxylic acids is 1. The van der Waals surface area contributed by atoms with Crippen molar-refractivity contribution in [2.24, 2.45) is 4.99 Å². The van der Waals surface area contributed by atoms with E-state index in [2.05, 4.69) is 32.1 Å². The molecular weight excluding hydrogens is 360 g/mol. The van der Waals surface area contributed by atoms with Gasteiger partial charge in [-0.15, -0.1) is 11.3 Å². The lowest BCUT2D eigenvalue weighted by Crippen LogP contribution is -2.43. The predicted octanol–water partition coefficient (Wildman–Crippen LogP) is 1.58. The van der Waals surface area contributed by atoms with Crippen LogP contribution in [0, 0.1) is 0 Å². The van der Waals surface area contributed by atoms with Crippen LogP contribution in [-0.2, 0) is 17.8 Å². The quantitative estimate of drug-likeness (QED) is 0.531. The Kier molecular flexibility index (Phi) is 8.06. The standard InChI is InChI=1S/C19H28N6OS/c1-24(2)17-9-5-7-15(23-17)13-21-19(22-14-18(26)25(3)4)20-11-10-16-8-6-12-27-16/h5-9,12H,10-11,13-14H2,1-4H3,(H2,20,21,22). The van der Waals surface area contributed by atoms with Crippen LogP contribution in [0.3, 0.4) is 0 Å². The Labute approximate surface area is 165 Å². The summed E-state index contributed by atoms with van der Waals surface area (Å²) in [4.78, 5) is 25.9. The summed E-state index contributed by atoms with van der Waals surface area (Å²) in [6.45, 7) is 1.38. The van der Waals surface area contributed by atoms with Crippen LogP contribution in [0.4, 0.5) is 5.82 Å². The van der Waals surface area contributed by atoms with Crippen LogP contribution in [-0.4, -0.2) is 63.0 Å². The van der Waals surface area contributed by atoms with Crippen molar-refractivity contribution in [2.75, 3.05) is 46.2 Å². The van der Waals surface area contributed by atoms with E-state index in [1.807, 2.05) is 43.3 Å². The van der Waals surface area contributed by atoms with Crippen LogP contribution >= 0.6 is 11.3 Å². The molecule has 0 aliphatic rings. The monoisotopic (exact) mass is 388 g/mol. The number of carbonyl (C=O) groups is 1. The van der Waals surface area contributed by atoms with E-state index in [9.17, 15) is 4.79 Å². The first-order chi connectivity index (χ1) is 13.0. The second-order valence-electron chi connectivity index (χ2n) is 6.44. The zero-order valence-corrected chi connectivity index (χ0v) is 17.2. The van der Waals surface area contributed by atoms with Crippen molar-refractivity contribution in [3.8, 4) is 0 Å². The first-order valence-corrected chi connectivity index (χ1v) is 9.71. The van der Waals surface area contributed by atoms with Gasteiger partial charge < -0.3 is 20.4 Å². The predicted molar refractivity (Wildman–Crippen MR) is 112 cm³/mol. The number of aromatic nitrogens is 1. The van der Waals surface area contributed by atoms with Gasteiger partial charge in [-0.2, -0.15) is 0 Å². The van der Waals surface area contributed by atoms with E-state index >= 15 is 0 Å². The number of aliphatic imine (C=N–C) groups is 1. The number of amides is 1. The molecule has 2 rings (SSSR count). The summed E-state index contributed by atoms with van der Waals surface area (Å²) in [6.07, 6.45) is 0.911. The molecule has 0 atom stereocenters. The highest BCUT2D eigenvalue weighted by Crippen LogP contribution is 2.09. The Morgan fingerprint density at radius 2 is 1.96 bits per heavy atom. The molecule has 0 unspecified atom stereocenters. The molecule has 0 fully saturated rings. The molecule has 0 saturated carbocycles. The number of pyridine rings is 1. The smallest absolute Gasteiger partial charge is 0.241 e. The van der Waals surface area contributed by atoms with Gasteiger partial charge in [-0.25, -0.2) is 9.98 Å². The minimum Gasteiger partial charge on any atom is -0.363 e. The van der Waals surface area contributed by atoms with Crippen LogP contribution in [0.25, 0.3) is 0 Å². The molecule has 7 nitrogen and oxygen atoms in total. The number of thiophene rings is 1. The number of nitrogens with zero attached hydrogens (tertiary/aromatic N) is 4. The van der Waals surface area contributed by atoms with Crippen LogP contribution in [0.5, 0.6) is 0 Å². The third-order valence-corrected chi connectivity index (χ3v) is 4.74. The number of rotatable bonds is 8. The van der Waals surface area contributed by atoms with Crippen molar-refractivity contribution in [3.63, 3.8) is 0 Å². The summed E-state index contributed by atoms with van der Waals surface area (Å²) >= 11 is 1.74. The van der Waals surface area contributed by atoms with Gasteiger partial charge >= 0.3 is 0 Å². The largest absolute Gasteiger partial charge is 0.363 e. The molecule has 0 aromatic carbocycles. The Morgan fingerprint density at radius 1 is 1.15 bits per heavy atom. The molecule has 146 valence electrons. The first-order valence-electron chi connectivity index (χ1n) is 8.83. The molecule has 0 saturated heterocycles. The molecule has 8 heteroatoms. The normalized spacial score (nSPS) is 11.2. The van der Waals surface area contributed by atoms with E-state index in [0.29, 0.717) is 12.5 Å². The molecule has 0 bridgehead atoms. The lowest BCUT2D eigenvalue weighted by atomic mass is 10.3. The van der Waals surface area contributed by atoms with Gasteiger partial charge in [-0.3, -0.25) is 4.79 Å². The number of hydrogen-bond acceptors (Lipinski definition) is 5. The van der Waals surface area contributed by atoms with E-state index < -0.39 is 0 Å². The average Bonchev–Trinajstić information content (AvgIpc) is 3.16. The molecule has 0 aliphatic carbocycles.